The molecule has 2 heterocycles. The SMILES string of the molecule is O=C(Nc1ccc(-n2cnnn2)cc1)c1cncc(Cl)n1. The number of hydrogen-bond donors (Lipinski definition) is 1. The quantitative estimate of drug-likeness (QED) is 0.784. The zero-order valence-corrected chi connectivity index (χ0v) is 11.3. The second-order valence-electron chi connectivity index (χ2n) is 3.98. The average Bonchev–Trinajstić information content (AvgIpc) is 3.02. The number of tetrazole rings is 1. The van der Waals surface area contributed by atoms with Gasteiger partial charge in [0.15, 0.2) is 0 Å². The standard InChI is InChI=1S/C12H8ClN7O/c13-11-6-14-5-10(17-11)12(21)16-8-1-3-9(4-2-8)20-7-15-18-19-20/h1-7H,(H,16,21). The van der Waals surface area contributed by atoms with E-state index in [1.54, 1.807) is 24.3 Å². The summed E-state index contributed by atoms with van der Waals surface area (Å²) in [6.45, 7) is 0. The molecular weight excluding hydrogens is 294 g/mol. The number of carbonyl (C=O) groups is 1. The molecule has 0 atom stereocenters. The maximum atomic E-state index is 12.0. The van der Waals surface area contributed by atoms with Crippen LogP contribution >= 0.6 is 11.6 Å². The molecule has 9 heteroatoms. The molecule has 2 aromatic heterocycles. The van der Waals surface area contributed by atoms with E-state index in [4.69, 9.17) is 11.6 Å². The van der Waals surface area contributed by atoms with E-state index in [9.17, 15) is 4.79 Å². The minimum absolute atomic E-state index is 0.145. The lowest BCUT2D eigenvalue weighted by Crippen LogP contribution is -2.14. The van der Waals surface area contributed by atoms with Gasteiger partial charge in [0.2, 0.25) is 0 Å². The molecule has 0 unspecified atom stereocenters. The van der Waals surface area contributed by atoms with Gasteiger partial charge in [-0.1, -0.05) is 11.6 Å². The highest BCUT2D eigenvalue weighted by Crippen LogP contribution is 2.13. The summed E-state index contributed by atoms with van der Waals surface area (Å²) < 4.78 is 1.51. The third kappa shape index (κ3) is 3.00. The molecule has 0 saturated carbocycles. The van der Waals surface area contributed by atoms with Gasteiger partial charge in [-0.05, 0) is 34.7 Å². The molecule has 0 fully saturated rings. The summed E-state index contributed by atoms with van der Waals surface area (Å²) in [6.07, 6.45) is 4.19. The lowest BCUT2D eigenvalue weighted by molar-refractivity contribution is 0.102. The Bertz CT molecular complexity index is 758. The average molecular weight is 302 g/mol. The zero-order valence-electron chi connectivity index (χ0n) is 10.5. The second-order valence-corrected chi connectivity index (χ2v) is 4.37. The first-order valence-corrected chi connectivity index (χ1v) is 6.22. The Morgan fingerprint density at radius 3 is 2.67 bits per heavy atom. The molecule has 0 aliphatic carbocycles. The van der Waals surface area contributed by atoms with Crippen molar-refractivity contribution in [2.75, 3.05) is 5.32 Å². The number of nitrogens with zero attached hydrogens (tertiary/aromatic N) is 6. The van der Waals surface area contributed by atoms with Gasteiger partial charge in [-0.25, -0.2) is 9.67 Å². The minimum atomic E-state index is -0.389. The number of rotatable bonds is 3. The van der Waals surface area contributed by atoms with Crippen molar-refractivity contribution >= 4 is 23.2 Å². The number of amides is 1. The van der Waals surface area contributed by atoms with Gasteiger partial charge in [0.25, 0.3) is 5.91 Å². The number of halogens is 1. The Labute approximate surface area is 123 Å². The van der Waals surface area contributed by atoms with Crippen molar-refractivity contribution in [3.63, 3.8) is 0 Å². The van der Waals surface area contributed by atoms with Crippen LogP contribution in [0, 0.1) is 0 Å². The van der Waals surface area contributed by atoms with E-state index in [0.717, 1.165) is 5.69 Å². The molecule has 1 aromatic carbocycles. The summed E-state index contributed by atoms with van der Waals surface area (Å²) in [5.74, 6) is -0.389. The zero-order chi connectivity index (χ0) is 14.7. The van der Waals surface area contributed by atoms with Crippen LogP contribution in [0.1, 0.15) is 10.5 Å². The number of hydrogen-bond acceptors (Lipinski definition) is 6. The molecule has 0 aliphatic rings. The Hall–Kier alpha value is -2.87. The van der Waals surface area contributed by atoms with Crippen LogP contribution in [-0.2, 0) is 0 Å². The highest BCUT2D eigenvalue weighted by molar-refractivity contribution is 6.29. The van der Waals surface area contributed by atoms with Gasteiger partial charge in [0, 0.05) is 5.69 Å². The first kappa shape index (κ1) is 13.1. The molecule has 0 bridgehead atoms. The van der Waals surface area contributed by atoms with Crippen molar-refractivity contribution in [2.24, 2.45) is 0 Å². The second kappa shape index (κ2) is 5.63. The third-order valence-corrected chi connectivity index (χ3v) is 2.76. The van der Waals surface area contributed by atoms with Gasteiger partial charge in [-0.3, -0.25) is 9.78 Å². The third-order valence-electron chi connectivity index (χ3n) is 2.58. The molecule has 0 saturated heterocycles. The van der Waals surface area contributed by atoms with Crippen molar-refractivity contribution in [1.82, 2.24) is 30.2 Å². The Kier molecular flexibility index (Phi) is 3.52. The van der Waals surface area contributed by atoms with E-state index in [1.165, 1.54) is 23.4 Å². The fourth-order valence-electron chi connectivity index (χ4n) is 1.62. The maximum Gasteiger partial charge on any atom is 0.275 e. The van der Waals surface area contributed by atoms with E-state index in [2.05, 4.69) is 30.8 Å². The normalized spacial score (nSPS) is 10.3. The van der Waals surface area contributed by atoms with Gasteiger partial charge >= 0.3 is 0 Å². The van der Waals surface area contributed by atoms with Crippen LogP contribution in [0.25, 0.3) is 5.69 Å². The van der Waals surface area contributed by atoms with Crippen LogP contribution in [0.5, 0.6) is 0 Å². The van der Waals surface area contributed by atoms with E-state index in [-0.39, 0.29) is 16.8 Å². The van der Waals surface area contributed by atoms with Crippen LogP contribution < -0.4 is 5.32 Å². The number of aromatic nitrogens is 6. The van der Waals surface area contributed by atoms with Crippen molar-refractivity contribution in [3.8, 4) is 5.69 Å². The molecule has 3 rings (SSSR count). The lowest BCUT2D eigenvalue weighted by Gasteiger charge is -2.05. The van der Waals surface area contributed by atoms with E-state index in [1.807, 2.05) is 0 Å². The van der Waals surface area contributed by atoms with E-state index in [0.29, 0.717) is 5.69 Å². The molecular formula is C12H8ClN7O. The van der Waals surface area contributed by atoms with Gasteiger partial charge in [-0.2, -0.15) is 0 Å². The van der Waals surface area contributed by atoms with Gasteiger partial charge in [0.05, 0.1) is 18.1 Å². The summed E-state index contributed by atoms with van der Waals surface area (Å²) >= 11 is 5.69. The summed E-state index contributed by atoms with van der Waals surface area (Å²) in [5.41, 5.74) is 1.53. The van der Waals surface area contributed by atoms with Gasteiger partial charge < -0.3 is 5.32 Å². The smallest absolute Gasteiger partial charge is 0.275 e. The summed E-state index contributed by atoms with van der Waals surface area (Å²) in [6, 6.07) is 7.00. The fourth-order valence-corrected chi connectivity index (χ4v) is 1.77. The van der Waals surface area contributed by atoms with Crippen molar-refractivity contribution in [2.45, 2.75) is 0 Å². The molecule has 21 heavy (non-hydrogen) atoms. The van der Waals surface area contributed by atoms with Gasteiger partial charge in [0.1, 0.15) is 17.2 Å². The van der Waals surface area contributed by atoms with Crippen LogP contribution in [0.3, 0.4) is 0 Å². The Balaban J connectivity index is 1.75. The first-order valence-electron chi connectivity index (χ1n) is 5.85. The number of nitrogens with one attached hydrogen (secondary N) is 1. The molecule has 0 spiro atoms. The van der Waals surface area contributed by atoms with E-state index < -0.39 is 0 Å². The number of benzene rings is 1. The molecule has 0 aliphatic heterocycles. The van der Waals surface area contributed by atoms with Crippen LogP contribution in [0.2, 0.25) is 5.15 Å². The highest BCUT2D eigenvalue weighted by atomic mass is 35.5. The molecule has 104 valence electrons. The molecule has 3 aromatic rings. The van der Waals surface area contributed by atoms with Crippen molar-refractivity contribution < 1.29 is 4.79 Å². The summed E-state index contributed by atoms with van der Waals surface area (Å²) in [5, 5.41) is 13.7. The molecule has 8 nitrogen and oxygen atoms in total. The fraction of sp³-hybridized carbons (Fsp3) is 0. The predicted octanol–water partition coefficient (Wildman–Crippen LogP) is 1.36. The topological polar surface area (TPSA) is 98.5 Å². The predicted molar refractivity (Wildman–Crippen MR) is 74.1 cm³/mol. The van der Waals surface area contributed by atoms with Crippen molar-refractivity contribution in [1.29, 1.82) is 0 Å². The molecule has 1 amide bonds. The summed E-state index contributed by atoms with van der Waals surface area (Å²) in [7, 11) is 0. The number of carbonyl (C=O) groups excluding carboxylic acids is 1. The largest absolute Gasteiger partial charge is 0.321 e. The van der Waals surface area contributed by atoms with E-state index >= 15 is 0 Å². The maximum absolute atomic E-state index is 12.0. The first-order chi connectivity index (χ1) is 10.2. The van der Waals surface area contributed by atoms with Crippen molar-refractivity contribution in [3.05, 3.63) is 53.8 Å². The Morgan fingerprint density at radius 1 is 1.19 bits per heavy atom. The Morgan fingerprint density at radius 2 is 2.00 bits per heavy atom. The van der Waals surface area contributed by atoms with Crippen LogP contribution in [0.4, 0.5) is 5.69 Å². The van der Waals surface area contributed by atoms with Crippen LogP contribution in [-0.4, -0.2) is 36.1 Å². The summed E-state index contributed by atoms with van der Waals surface area (Å²) in [4.78, 5) is 19.7. The van der Waals surface area contributed by atoms with Gasteiger partial charge in [-0.15, -0.1) is 5.10 Å². The van der Waals surface area contributed by atoms with Crippen LogP contribution in [0.15, 0.2) is 43.0 Å². The number of anilines is 1. The monoisotopic (exact) mass is 301 g/mol. The highest BCUT2D eigenvalue weighted by Gasteiger charge is 2.09. The molecule has 1 N–H and O–H groups in total. The lowest BCUT2D eigenvalue weighted by atomic mass is 10.2. The minimum Gasteiger partial charge on any atom is -0.321 e. The molecule has 0 radical (unpaired) electrons.